The highest BCUT2D eigenvalue weighted by Crippen LogP contribution is 2.13. The van der Waals surface area contributed by atoms with Gasteiger partial charge in [0.25, 0.3) is 5.56 Å². The van der Waals surface area contributed by atoms with E-state index in [-0.39, 0.29) is 15.9 Å². The van der Waals surface area contributed by atoms with Gasteiger partial charge >= 0.3 is 0 Å². The Morgan fingerprint density at radius 1 is 1.67 bits per heavy atom. The van der Waals surface area contributed by atoms with Crippen LogP contribution in [-0.2, 0) is 9.53 Å². The molecule has 1 aromatic heterocycles. The molecule has 100 valence electrons. The summed E-state index contributed by atoms with van der Waals surface area (Å²) in [6, 6.07) is -0.507. The standard InChI is InChI=1S/C10H15BrN4O3/c1-6(9(16)12-3-4-18-2)15-8-7(11)10(17)14-5-13-8/h5-6H,3-4H2,1-2H3,(H,12,16)(H2,13,14,15,17). The number of nitrogens with one attached hydrogen (secondary N) is 3. The zero-order chi connectivity index (χ0) is 13.5. The number of amides is 1. The highest BCUT2D eigenvalue weighted by Gasteiger charge is 2.14. The molecule has 0 aromatic carbocycles. The van der Waals surface area contributed by atoms with Crippen molar-refractivity contribution in [2.24, 2.45) is 0 Å². The molecule has 3 N–H and O–H groups in total. The van der Waals surface area contributed by atoms with Gasteiger partial charge in [-0.3, -0.25) is 9.59 Å². The summed E-state index contributed by atoms with van der Waals surface area (Å²) in [4.78, 5) is 29.3. The summed E-state index contributed by atoms with van der Waals surface area (Å²) in [5, 5.41) is 5.53. The minimum atomic E-state index is -0.507. The van der Waals surface area contributed by atoms with Crippen molar-refractivity contribution in [2.75, 3.05) is 25.6 Å². The largest absolute Gasteiger partial charge is 0.383 e. The normalized spacial score (nSPS) is 11.9. The summed E-state index contributed by atoms with van der Waals surface area (Å²) >= 11 is 3.10. The van der Waals surface area contributed by atoms with Gasteiger partial charge in [0.05, 0.1) is 12.9 Å². The Hall–Kier alpha value is -1.41. The fraction of sp³-hybridized carbons (Fsp3) is 0.500. The summed E-state index contributed by atoms with van der Waals surface area (Å²) < 4.78 is 5.09. The Kier molecular flexibility index (Phi) is 5.79. The lowest BCUT2D eigenvalue weighted by atomic mass is 10.3. The molecule has 0 saturated heterocycles. The Labute approximate surface area is 112 Å². The zero-order valence-corrected chi connectivity index (χ0v) is 11.7. The molecule has 0 aliphatic carbocycles. The SMILES string of the molecule is COCCNC(=O)C(C)Nc1nc[nH]c(=O)c1Br. The first-order chi connectivity index (χ1) is 8.56. The summed E-state index contributed by atoms with van der Waals surface area (Å²) in [5.41, 5.74) is -0.306. The van der Waals surface area contributed by atoms with E-state index in [0.717, 1.165) is 0 Å². The van der Waals surface area contributed by atoms with Gasteiger partial charge in [-0.05, 0) is 22.9 Å². The fourth-order valence-corrected chi connectivity index (χ4v) is 1.51. The number of hydrogen-bond donors (Lipinski definition) is 3. The monoisotopic (exact) mass is 318 g/mol. The van der Waals surface area contributed by atoms with Crippen molar-refractivity contribution in [1.29, 1.82) is 0 Å². The van der Waals surface area contributed by atoms with Crippen LogP contribution < -0.4 is 16.2 Å². The molecule has 8 heteroatoms. The number of methoxy groups -OCH3 is 1. The molecule has 1 atom stereocenters. The number of aromatic nitrogens is 2. The van der Waals surface area contributed by atoms with Crippen molar-refractivity contribution in [3.05, 3.63) is 21.2 Å². The molecule has 0 aliphatic rings. The van der Waals surface area contributed by atoms with Crippen molar-refractivity contribution >= 4 is 27.7 Å². The van der Waals surface area contributed by atoms with Crippen molar-refractivity contribution in [1.82, 2.24) is 15.3 Å². The molecule has 7 nitrogen and oxygen atoms in total. The van der Waals surface area contributed by atoms with Crippen LogP contribution in [0.1, 0.15) is 6.92 Å². The second-order valence-electron chi connectivity index (χ2n) is 3.54. The van der Waals surface area contributed by atoms with E-state index in [2.05, 4.69) is 36.5 Å². The van der Waals surface area contributed by atoms with Gasteiger partial charge in [-0.1, -0.05) is 0 Å². The molecule has 0 saturated carbocycles. The first kappa shape index (κ1) is 14.7. The van der Waals surface area contributed by atoms with Crippen LogP contribution in [0.5, 0.6) is 0 Å². The van der Waals surface area contributed by atoms with Crippen LogP contribution in [0, 0.1) is 0 Å². The van der Waals surface area contributed by atoms with Crippen LogP contribution in [0.2, 0.25) is 0 Å². The molecule has 1 unspecified atom stereocenters. The molecule has 18 heavy (non-hydrogen) atoms. The topological polar surface area (TPSA) is 96.1 Å². The number of carbonyl (C=O) groups excluding carboxylic acids is 1. The Morgan fingerprint density at radius 2 is 2.39 bits per heavy atom. The lowest BCUT2D eigenvalue weighted by molar-refractivity contribution is -0.121. The van der Waals surface area contributed by atoms with Crippen molar-refractivity contribution < 1.29 is 9.53 Å². The van der Waals surface area contributed by atoms with Gasteiger partial charge in [-0.15, -0.1) is 0 Å². The van der Waals surface area contributed by atoms with Crippen LogP contribution in [0.15, 0.2) is 15.6 Å². The molecular formula is C10H15BrN4O3. The number of halogens is 1. The van der Waals surface area contributed by atoms with E-state index in [0.29, 0.717) is 19.0 Å². The van der Waals surface area contributed by atoms with Crippen LogP contribution in [0.3, 0.4) is 0 Å². The third-order valence-corrected chi connectivity index (χ3v) is 2.88. The van der Waals surface area contributed by atoms with Crippen molar-refractivity contribution in [2.45, 2.75) is 13.0 Å². The van der Waals surface area contributed by atoms with Gasteiger partial charge in [0.2, 0.25) is 5.91 Å². The number of H-pyrrole nitrogens is 1. The number of nitrogens with zero attached hydrogens (tertiary/aromatic N) is 1. The molecule has 0 radical (unpaired) electrons. The molecule has 1 amide bonds. The average Bonchev–Trinajstić information content (AvgIpc) is 2.35. The maximum atomic E-state index is 11.7. The molecule has 0 bridgehead atoms. The summed E-state index contributed by atoms with van der Waals surface area (Å²) in [6.45, 7) is 2.56. The van der Waals surface area contributed by atoms with Crippen LogP contribution in [-0.4, -0.2) is 42.2 Å². The van der Waals surface area contributed by atoms with Gasteiger partial charge in [0.15, 0.2) is 0 Å². The predicted molar refractivity (Wildman–Crippen MR) is 70.5 cm³/mol. The molecule has 0 spiro atoms. The van der Waals surface area contributed by atoms with E-state index in [1.807, 2.05) is 0 Å². The minimum Gasteiger partial charge on any atom is -0.383 e. The fourth-order valence-electron chi connectivity index (χ4n) is 1.18. The maximum Gasteiger partial charge on any atom is 0.267 e. The Morgan fingerprint density at radius 3 is 3.06 bits per heavy atom. The Bertz CT molecular complexity index is 463. The summed E-state index contributed by atoms with van der Waals surface area (Å²) in [6.07, 6.45) is 1.27. The number of aromatic amines is 1. The lowest BCUT2D eigenvalue weighted by Crippen LogP contribution is -2.39. The second kappa shape index (κ2) is 7.12. The van der Waals surface area contributed by atoms with Gasteiger partial charge in [-0.2, -0.15) is 0 Å². The number of anilines is 1. The van der Waals surface area contributed by atoms with Gasteiger partial charge in [0.1, 0.15) is 16.3 Å². The number of carbonyl (C=O) groups is 1. The summed E-state index contributed by atoms with van der Waals surface area (Å²) in [5.74, 6) is 0.133. The van der Waals surface area contributed by atoms with E-state index < -0.39 is 6.04 Å². The third-order valence-electron chi connectivity index (χ3n) is 2.15. The smallest absolute Gasteiger partial charge is 0.267 e. The number of ether oxygens (including phenoxy) is 1. The van der Waals surface area contributed by atoms with E-state index in [9.17, 15) is 9.59 Å². The van der Waals surface area contributed by atoms with E-state index >= 15 is 0 Å². The first-order valence-electron chi connectivity index (χ1n) is 5.32. The maximum absolute atomic E-state index is 11.7. The van der Waals surface area contributed by atoms with Crippen molar-refractivity contribution in [3.63, 3.8) is 0 Å². The molecule has 0 aliphatic heterocycles. The lowest BCUT2D eigenvalue weighted by Gasteiger charge is -2.14. The predicted octanol–water partition coefficient (Wildman–Crippen LogP) is 0.0954. The quantitative estimate of drug-likeness (QED) is 0.646. The van der Waals surface area contributed by atoms with E-state index in [1.54, 1.807) is 14.0 Å². The van der Waals surface area contributed by atoms with Gasteiger partial charge < -0.3 is 20.4 Å². The average molecular weight is 319 g/mol. The summed E-state index contributed by atoms with van der Waals surface area (Å²) in [7, 11) is 1.56. The van der Waals surface area contributed by atoms with E-state index in [4.69, 9.17) is 4.74 Å². The highest BCUT2D eigenvalue weighted by molar-refractivity contribution is 9.10. The van der Waals surface area contributed by atoms with Crippen molar-refractivity contribution in [3.8, 4) is 0 Å². The first-order valence-corrected chi connectivity index (χ1v) is 6.12. The second-order valence-corrected chi connectivity index (χ2v) is 4.34. The molecule has 1 rings (SSSR count). The Balaban J connectivity index is 2.58. The highest BCUT2D eigenvalue weighted by atomic mass is 79.9. The molecular weight excluding hydrogens is 304 g/mol. The van der Waals surface area contributed by atoms with E-state index in [1.165, 1.54) is 6.33 Å². The number of hydrogen-bond acceptors (Lipinski definition) is 5. The minimum absolute atomic E-state index is 0.193. The zero-order valence-electron chi connectivity index (χ0n) is 10.1. The van der Waals surface area contributed by atoms with Crippen LogP contribution in [0.4, 0.5) is 5.82 Å². The van der Waals surface area contributed by atoms with Crippen LogP contribution >= 0.6 is 15.9 Å². The van der Waals surface area contributed by atoms with Gasteiger partial charge in [0, 0.05) is 13.7 Å². The molecule has 0 fully saturated rings. The number of rotatable bonds is 6. The third kappa shape index (κ3) is 4.11. The molecule has 1 heterocycles. The molecule has 1 aromatic rings. The van der Waals surface area contributed by atoms with Crippen LogP contribution in [0.25, 0.3) is 0 Å². The van der Waals surface area contributed by atoms with Gasteiger partial charge in [-0.25, -0.2) is 4.98 Å².